The Morgan fingerprint density at radius 3 is 1.97 bits per heavy atom. The normalized spacial score (nSPS) is 12.0. The molecule has 2 N–H and O–H groups in total. The molecule has 4 nitrogen and oxygen atoms in total. The number of benzene rings is 2. The largest absolute Gasteiger partial charge is 0.504 e. The molecular weight excluding hydrogens is 493 g/mol. The number of carbonyl (C=O) groups is 1. The number of rotatable bonds is 15. The van der Waals surface area contributed by atoms with Crippen molar-refractivity contribution in [3.8, 4) is 11.5 Å². The van der Waals surface area contributed by atoms with Crippen molar-refractivity contribution in [3.05, 3.63) is 50.5 Å². The van der Waals surface area contributed by atoms with Gasteiger partial charge in [0.25, 0.3) is 5.91 Å². The van der Waals surface area contributed by atoms with Crippen LogP contribution in [-0.4, -0.2) is 17.1 Å². The minimum absolute atomic E-state index is 0.134. The zero-order valence-electron chi connectivity index (χ0n) is 22.6. The summed E-state index contributed by atoms with van der Waals surface area (Å²) in [5.41, 5.74) is 3.91. The van der Waals surface area contributed by atoms with Gasteiger partial charge in [-0.15, -0.1) is 0 Å². The van der Waals surface area contributed by atoms with Gasteiger partial charge in [-0.05, 0) is 63.3 Å². The zero-order chi connectivity index (χ0) is 26.7. The molecule has 0 aliphatic heterocycles. The molecule has 36 heavy (non-hydrogen) atoms. The summed E-state index contributed by atoms with van der Waals surface area (Å²) in [6.45, 7) is 10.0. The molecular formula is C30H43Cl2NO3. The summed E-state index contributed by atoms with van der Waals surface area (Å²) in [7, 11) is 0. The lowest BCUT2D eigenvalue weighted by atomic mass is 10.0. The minimum Gasteiger partial charge on any atom is -0.504 e. The molecule has 0 saturated carbocycles. The van der Waals surface area contributed by atoms with Gasteiger partial charge in [-0.3, -0.25) is 4.79 Å². The molecule has 2 aromatic carbocycles. The summed E-state index contributed by atoms with van der Waals surface area (Å²) in [5.74, 6) is 0.223. The highest BCUT2D eigenvalue weighted by Gasteiger charge is 2.24. The molecule has 0 bridgehead atoms. The van der Waals surface area contributed by atoms with Gasteiger partial charge in [-0.2, -0.15) is 0 Å². The van der Waals surface area contributed by atoms with Gasteiger partial charge < -0.3 is 15.2 Å². The SMILES string of the molecule is CCCCCCCCCCCCC(Oc1c(C)cc(C)cc1C)C(=O)Nc1cc(Cl)c(C)c(Cl)c1O. The van der Waals surface area contributed by atoms with Crippen LogP contribution in [0.5, 0.6) is 11.5 Å². The van der Waals surface area contributed by atoms with Gasteiger partial charge >= 0.3 is 0 Å². The van der Waals surface area contributed by atoms with Crippen molar-refractivity contribution in [2.75, 3.05) is 5.32 Å². The van der Waals surface area contributed by atoms with Gasteiger partial charge in [0, 0.05) is 5.02 Å². The predicted octanol–water partition coefficient (Wildman–Crippen LogP) is 9.63. The molecule has 1 unspecified atom stereocenters. The molecule has 2 rings (SSSR count). The fraction of sp³-hybridized carbons (Fsp3) is 0.567. The van der Waals surface area contributed by atoms with Crippen LogP contribution in [0.4, 0.5) is 5.69 Å². The van der Waals surface area contributed by atoms with E-state index in [-0.39, 0.29) is 22.4 Å². The van der Waals surface area contributed by atoms with E-state index in [1.807, 2.05) is 20.8 Å². The van der Waals surface area contributed by atoms with Crippen molar-refractivity contribution in [1.82, 2.24) is 0 Å². The van der Waals surface area contributed by atoms with Crippen molar-refractivity contribution in [2.24, 2.45) is 0 Å². The summed E-state index contributed by atoms with van der Waals surface area (Å²) in [6.07, 6.45) is 12.1. The maximum atomic E-state index is 13.3. The Kier molecular flexibility index (Phi) is 12.9. The van der Waals surface area contributed by atoms with Crippen LogP contribution in [0.1, 0.15) is 99.8 Å². The molecule has 0 radical (unpaired) electrons. The van der Waals surface area contributed by atoms with E-state index in [9.17, 15) is 9.90 Å². The van der Waals surface area contributed by atoms with Crippen LogP contribution in [0.2, 0.25) is 10.0 Å². The average molecular weight is 537 g/mol. The van der Waals surface area contributed by atoms with Crippen molar-refractivity contribution in [2.45, 2.75) is 111 Å². The molecule has 200 valence electrons. The molecule has 0 aromatic heterocycles. The maximum absolute atomic E-state index is 13.3. The van der Waals surface area contributed by atoms with Crippen LogP contribution in [-0.2, 0) is 4.79 Å². The topological polar surface area (TPSA) is 58.6 Å². The van der Waals surface area contributed by atoms with Gasteiger partial charge in [0.05, 0.1) is 10.7 Å². The summed E-state index contributed by atoms with van der Waals surface area (Å²) in [5, 5.41) is 13.8. The lowest BCUT2D eigenvalue weighted by Crippen LogP contribution is -2.33. The van der Waals surface area contributed by atoms with Gasteiger partial charge in [0.1, 0.15) is 5.75 Å². The number of amides is 1. The summed E-state index contributed by atoms with van der Waals surface area (Å²) < 4.78 is 6.31. The molecule has 0 heterocycles. The highest BCUT2D eigenvalue weighted by Crippen LogP contribution is 2.39. The zero-order valence-corrected chi connectivity index (χ0v) is 24.1. The van der Waals surface area contributed by atoms with Crippen LogP contribution in [0.15, 0.2) is 18.2 Å². The van der Waals surface area contributed by atoms with Gasteiger partial charge in [0.15, 0.2) is 11.9 Å². The Bertz CT molecular complexity index is 983. The number of aromatic hydroxyl groups is 1. The van der Waals surface area contributed by atoms with E-state index in [0.29, 0.717) is 17.0 Å². The Labute approximate surface area is 227 Å². The fourth-order valence-corrected chi connectivity index (χ4v) is 5.02. The number of ether oxygens (including phenoxy) is 1. The van der Waals surface area contributed by atoms with E-state index >= 15 is 0 Å². The van der Waals surface area contributed by atoms with E-state index < -0.39 is 6.10 Å². The first-order valence-electron chi connectivity index (χ1n) is 13.4. The maximum Gasteiger partial charge on any atom is 0.265 e. The highest BCUT2D eigenvalue weighted by atomic mass is 35.5. The second-order valence-electron chi connectivity index (χ2n) is 9.99. The van der Waals surface area contributed by atoms with Crippen molar-refractivity contribution >= 4 is 34.8 Å². The van der Waals surface area contributed by atoms with E-state index in [2.05, 4.69) is 24.4 Å². The number of nitrogens with one attached hydrogen (secondary N) is 1. The second kappa shape index (κ2) is 15.4. The number of phenolic OH excluding ortho intramolecular Hbond substituents is 1. The number of phenols is 1. The monoisotopic (exact) mass is 535 g/mol. The van der Waals surface area contributed by atoms with E-state index in [1.54, 1.807) is 6.92 Å². The summed E-state index contributed by atoms with van der Waals surface area (Å²) in [6, 6.07) is 5.64. The van der Waals surface area contributed by atoms with Crippen molar-refractivity contribution in [3.63, 3.8) is 0 Å². The van der Waals surface area contributed by atoms with Gasteiger partial charge in [0.2, 0.25) is 0 Å². The Hall–Kier alpha value is -1.91. The predicted molar refractivity (Wildman–Crippen MR) is 153 cm³/mol. The second-order valence-corrected chi connectivity index (χ2v) is 10.8. The molecule has 1 amide bonds. The van der Waals surface area contributed by atoms with E-state index in [1.165, 1.54) is 51.0 Å². The first kappa shape index (κ1) is 30.3. The van der Waals surface area contributed by atoms with Crippen molar-refractivity contribution in [1.29, 1.82) is 0 Å². The molecule has 0 aliphatic rings. The number of carbonyl (C=O) groups excluding carboxylic acids is 1. The first-order valence-corrected chi connectivity index (χ1v) is 14.1. The number of hydrogen-bond donors (Lipinski definition) is 2. The number of hydrogen-bond acceptors (Lipinski definition) is 3. The molecule has 2 aromatic rings. The van der Waals surface area contributed by atoms with E-state index in [0.717, 1.165) is 41.7 Å². The number of halogens is 2. The number of aryl methyl sites for hydroxylation is 3. The first-order chi connectivity index (χ1) is 17.1. The molecule has 1 atom stereocenters. The Balaban J connectivity index is 2.04. The highest BCUT2D eigenvalue weighted by molar-refractivity contribution is 6.37. The lowest BCUT2D eigenvalue weighted by Gasteiger charge is -2.22. The third-order valence-electron chi connectivity index (χ3n) is 6.66. The van der Waals surface area contributed by atoms with Crippen LogP contribution in [0, 0.1) is 27.7 Å². The van der Waals surface area contributed by atoms with Gasteiger partial charge in [-0.1, -0.05) is 106 Å². The van der Waals surface area contributed by atoms with Crippen LogP contribution >= 0.6 is 23.2 Å². The molecule has 0 aliphatic carbocycles. The number of anilines is 1. The molecule has 0 saturated heterocycles. The summed E-state index contributed by atoms with van der Waals surface area (Å²) in [4.78, 5) is 13.3. The average Bonchev–Trinajstić information content (AvgIpc) is 2.83. The molecule has 6 heteroatoms. The summed E-state index contributed by atoms with van der Waals surface area (Å²) >= 11 is 12.4. The quantitative estimate of drug-likeness (QED) is 0.176. The third-order valence-corrected chi connectivity index (χ3v) is 7.51. The van der Waals surface area contributed by atoms with Crippen molar-refractivity contribution < 1.29 is 14.6 Å². The Morgan fingerprint density at radius 2 is 1.42 bits per heavy atom. The van der Waals surface area contributed by atoms with Crippen LogP contribution in [0.25, 0.3) is 0 Å². The van der Waals surface area contributed by atoms with Gasteiger partial charge in [-0.25, -0.2) is 0 Å². The standard InChI is InChI=1S/C30H43Cl2NO3/c1-6-7-8-9-10-11-12-13-14-15-16-26(36-29-21(3)17-20(2)18-22(29)4)30(35)33-25-19-24(31)23(5)27(32)28(25)34/h17-19,26,34H,6-16H2,1-5H3,(H,33,35). The fourth-order valence-electron chi connectivity index (χ4n) is 4.57. The molecule has 0 spiro atoms. The third kappa shape index (κ3) is 9.19. The van der Waals surface area contributed by atoms with Crippen LogP contribution in [0.3, 0.4) is 0 Å². The molecule has 0 fully saturated rings. The minimum atomic E-state index is -0.697. The smallest absolute Gasteiger partial charge is 0.265 e. The van der Waals surface area contributed by atoms with Crippen LogP contribution < -0.4 is 10.1 Å². The Morgan fingerprint density at radius 1 is 0.889 bits per heavy atom. The number of unbranched alkanes of at least 4 members (excludes halogenated alkanes) is 9. The van der Waals surface area contributed by atoms with E-state index in [4.69, 9.17) is 27.9 Å². The lowest BCUT2D eigenvalue weighted by molar-refractivity contribution is -0.123.